The highest BCUT2D eigenvalue weighted by molar-refractivity contribution is 7.89. The van der Waals surface area contributed by atoms with Gasteiger partial charge in [-0.3, -0.25) is 4.98 Å². The molecule has 0 saturated carbocycles. The van der Waals surface area contributed by atoms with E-state index in [9.17, 15) is 22.8 Å². The van der Waals surface area contributed by atoms with Gasteiger partial charge in [0.05, 0.1) is 23.6 Å². The standard InChI is InChI=1S/C14H16N2O8S/c1-3-22-12(17)11(13(18)23-4-2)16-25(20,21)8-5-6-9-10(7-8)24-14(19)15-9/h5-7,11,16H,3-4H2,1-2H3,(H,15,19). The summed E-state index contributed by atoms with van der Waals surface area (Å²) in [6.07, 6.45) is 0. The van der Waals surface area contributed by atoms with Crippen molar-refractivity contribution in [1.82, 2.24) is 9.71 Å². The van der Waals surface area contributed by atoms with Crippen molar-refractivity contribution in [2.45, 2.75) is 24.8 Å². The van der Waals surface area contributed by atoms with E-state index < -0.39 is 33.8 Å². The van der Waals surface area contributed by atoms with Gasteiger partial charge in [0.1, 0.15) is 0 Å². The highest BCUT2D eigenvalue weighted by Crippen LogP contribution is 2.17. The van der Waals surface area contributed by atoms with Crippen LogP contribution in [0, 0.1) is 0 Å². The first-order valence-electron chi connectivity index (χ1n) is 7.27. The Balaban J connectivity index is 2.35. The lowest BCUT2D eigenvalue weighted by molar-refractivity contribution is -0.157. The van der Waals surface area contributed by atoms with Crippen LogP contribution in [-0.2, 0) is 29.1 Å². The number of carbonyl (C=O) groups excluding carboxylic acids is 2. The van der Waals surface area contributed by atoms with Crippen LogP contribution in [0.4, 0.5) is 0 Å². The van der Waals surface area contributed by atoms with Crippen molar-refractivity contribution in [3.8, 4) is 0 Å². The molecule has 10 nitrogen and oxygen atoms in total. The minimum absolute atomic E-state index is 0.0108. The number of aromatic amines is 1. The zero-order chi connectivity index (χ0) is 18.6. The molecule has 0 aliphatic heterocycles. The molecule has 0 saturated heterocycles. The van der Waals surface area contributed by atoms with Gasteiger partial charge in [0.2, 0.25) is 16.1 Å². The molecule has 2 rings (SSSR count). The Morgan fingerprint density at radius 2 is 1.80 bits per heavy atom. The third kappa shape index (κ3) is 4.25. The van der Waals surface area contributed by atoms with Gasteiger partial charge in [-0.15, -0.1) is 0 Å². The Kier molecular flexibility index (Phi) is 5.59. The molecule has 0 bridgehead atoms. The van der Waals surface area contributed by atoms with E-state index in [2.05, 4.69) is 4.98 Å². The summed E-state index contributed by atoms with van der Waals surface area (Å²) in [7, 11) is -4.30. The lowest BCUT2D eigenvalue weighted by atomic mass is 10.3. The zero-order valence-electron chi connectivity index (χ0n) is 13.4. The maximum atomic E-state index is 12.5. The number of hydrogen-bond donors (Lipinski definition) is 2. The number of benzene rings is 1. The first-order valence-corrected chi connectivity index (χ1v) is 8.75. The zero-order valence-corrected chi connectivity index (χ0v) is 14.2. The number of esters is 2. The predicted molar refractivity (Wildman–Crippen MR) is 84.2 cm³/mol. The molecule has 2 N–H and O–H groups in total. The second kappa shape index (κ2) is 7.49. The second-order valence-electron chi connectivity index (χ2n) is 4.73. The molecule has 0 spiro atoms. The van der Waals surface area contributed by atoms with Crippen LogP contribution in [0.2, 0.25) is 0 Å². The molecule has 1 aromatic carbocycles. The molecule has 0 fully saturated rings. The summed E-state index contributed by atoms with van der Waals surface area (Å²) in [6.45, 7) is 2.93. The van der Waals surface area contributed by atoms with Crippen LogP contribution in [-0.4, -0.2) is 44.6 Å². The van der Waals surface area contributed by atoms with Gasteiger partial charge in [0.15, 0.2) is 5.58 Å². The van der Waals surface area contributed by atoms with E-state index in [1.54, 1.807) is 0 Å². The summed E-state index contributed by atoms with van der Waals surface area (Å²) in [5.41, 5.74) is 0.313. The van der Waals surface area contributed by atoms with Gasteiger partial charge in [-0.2, -0.15) is 4.72 Å². The van der Waals surface area contributed by atoms with Gasteiger partial charge < -0.3 is 13.9 Å². The van der Waals surface area contributed by atoms with Crippen LogP contribution in [0.25, 0.3) is 11.1 Å². The Morgan fingerprint density at radius 1 is 1.20 bits per heavy atom. The second-order valence-corrected chi connectivity index (χ2v) is 6.44. The average Bonchev–Trinajstić information content (AvgIpc) is 2.92. The quantitative estimate of drug-likeness (QED) is 0.506. The van der Waals surface area contributed by atoms with Crippen LogP contribution >= 0.6 is 0 Å². The summed E-state index contributed by atoms with van der Waals surface area (Å²) in [4.78, 5) is 36.9. The lowest BCUT2D eigenvalue weighted by Gasteiger charge is -2.16. The molecular weight excluding hydrogens is 356 g/mol. The molecule has 0 aliphatic carbocycles. The van der Waals surface area contributed by atoms with E-state index in [-0.39, 0.29) is 23.7 Å². The number of oxazole rings is 1. The van der Waals surface area contributed by atoms with Gasteiger partial charge in [-0.25, -0.2) is 22.8 Å². The van der Waals surface area contributed by atoms with Crippen molar-refractivity contribution >= 4 is 33.1 Å². The highest BCUT2D eigenvalue weighted by Gasteiger charge is 2.34. The highest BCUT2D eigenvalue weighted by atomic mass is 32.2. The maximum absolute atomic E-state index is 12.5. The van der Waals surface area contributed by atoms with E-state index in [1.807, 2.05) is 4.72 Å². The van der Waals surface area contributed by atoms with Crippen molar-refractivity contribution in [1.29, 1.82) is 0 Å². The first kappa shape index (κ1) is 18.7. The molecule has 2 aromatic rings. The van der Waals surface area contributed by atoms with Gasteiger partial charge in [0, 0.05) is 6.07 Å². The summed E-state index contributed by atoms with van der Waals surface area (Å²) in [5, 5.41) is 0. The van der Waals surface area contributed by atoms with E-state index >= 15 is 0 Å². The number of sulfonamides is 1. The number of carbonyl (C=O) groups is 2. The van der Waals surface area contributed by atoms with Crippen molar-refractivity contribution in [2.24, 2.45) is 0 Å². The molecule has 25 heavy (non-hydrogen) atoms. The molecule has 0 unspecified atom stereocenters. The van der Waals surface area contributed by atoms with Crippen LogP contribution in [0.15, 0.2) is 32.3 Å². The Morgan fingerprint density at radius 3 is 2.36 bits per heavy atom. The SMILES string of the molecule is CCOC(=O)C(NS(=O)(=O)c1ccc2[nH]c(=O)oc2c1)C(=O)OCC. The number of rotatable bonds is 7. The lowest BCUT2D eigenvalue weighted by Crippen LogP contribution is -2.48. The van der Waals surface area contributed by atoms with Crippen LogP contribution in [0.3, 0.4) is 0 Å². The molecule has 0 amide bonds. The Bertz CT molecular complexity index is 925. The third-order valence-corrected chi connectivity index (χ3v) is 4.44. The van der Waals surface area contributed by atoms with Gasteiger partial charge in [0.25, 0.3) is 0 Å². The molecule has 136 valence electrons. The first-order chi connectivity index (χ1) is 11.8. The van der Waals surface area contributed by atoms with E-state index in [0.717, 1.165) is 6.07 Å². The van der Waals surface area contributed by atoms with Gasteiger partial charge in [-0.05, 0) is 26.0 Å². The van der Waals surface area contributed by atoms with E-state index in [4.69, 9.17) is 13.9 Å². The van der Waals surface area contributed by atoms with Crippen LogP contribution in [0.1, 0.15) is 13.8 Å². The van der Waals surface area contributed by atoms with Crippen molar-refractivity contribution in [3.05, 3.63) is 28.7 Å². The average molecular weight is 372 g/mol. The molecule has 0 aliphatic rings. The maximum Gasteiger partial charge on any atom is 0.417 e. The molecule has 0 atom stereocenters. The monoisotopic (exact) mass is 372 g/mol. The predicted octanol–water partition coefficient (Wildman–Crippen LogP) is -0.106. The van der Waals surface area contributed by atoms with Crippen molar-refractivity contribution < 1.29 is 31.9 Å². The summed E-state index contributed by atoms with van der Waals surface area (Å²) in [5.74, 6) is -2.91. The largest absolute Gasteiger partial charge is 0.464 e. The smallest absolute Gasteiger partial charge is 0.417 e. The normalized spacial score (nSPS) is 11.6. The van der Waals surface area contributed by atoms with Crippen LogP contribution < -0.4 is 10.5 Å². The molecule has 0 radical (unpaired) electrons. The topological polar surface area (TPSA) is 145 Å². The molecule has 11 heteroatoms. The van der Waals surface area contributed by atoms with Gasteiger partial charge in [-0.1, -0.05) is 0 Å². The fraction of sp³-hybridized carbons (Fsp3) is 0.357. The van der Waals surface area contributed by atoms with E-state index in [0.29, 0.717) is 5.52 Å². The van der Waals surface area contributed by atoms with Crippen molar-refractivity contribution in [2.75, 3.05) is 13.2 Å². The molecule has 1 heterocycles. The minimum atomic E-state index is -4.30. The fourth-order valence-corrected chi connectivity index (χ4v) is 3.11. The van der Waals surface area contributed by atoms with Crippen LogP contribution in [0.5, 0.6) is 0 Å². The summed E-state index contributed by atoms with van der Waals surface area (Å²) < 4.78 is 41.0. The summed E-state index contributed by atoms with van der Waals surface area (Å²) >= 11 is 0. The Hall–Kier alpha value is -2.66. The molecule has 1 aromatic heterocycles. The number of hydrogen-bond acceptors (Lipinski definition) is 8. The number of ether oxygens (including phenoxy) is 2. The molecular formula is C14H16N2O8S. The fourth-order valence-electron chi connectivity index (χ4n) is 1.96. The number of aromatic nitrogens is 1. The Labute approximate surface area is 142 Å². The summed E-state index contributed by atoms with van der Waals surface area (Å²) in [6, 6.07) is 1.74. The number of nitrogens with one attached hydrogen (secondary N) is 2. The number of H-pyrrole nitrogens is 1. The van der Waals surface area contributed by atoms with Gasteiger partial charge >= 0.3 is 17.7 Å². The van der Waals surface area contributed by atoms with Crippen molar-refractivity contribution in [3.63, 3.8) is 0 Å². The number of fused-ring (bicyclic) bond motifs is 1. The van der Waals surface area contributed by atoms with E-state index in [1.165, 1.54) is 26.0 Å². The minimum Gasteiger partial charge on any atom is -0.464 e. The third-order valence-electron chi connectivity index (χ3n) is 3.02.